The lowest BCUT2D eigenvalue weighted by atomic mass is 10.0. The summed E-state index contributed by atoms with van der Waals surface area (Å²) in [6, 6.07) is 1.54. The zero-order chi connectivity index (χ0) is 16.4. The van der Waals surface area contributed by atoms with Crippen LogP contribution in [0.5, 0.6) is 0 Å². The molecule has 2 N–H and O–H groups in total. The number of ketones is 1. The third-order valence-corrected chi connectivity index (χ3v) is 2.43. The van der Waals surface area contributed by atoms with Gasteiger partial charge in [-0.25, -0.2) is 9.78 Å². The number of pyridine rings is 1. The van der Waals surface area contributed by atoms with Crippen LogP contribution in [0.25, 0.3) is 0 Å². The number of Topliss-reactive ketones (excluding diaryl/α,β-unsaturated/α-hetero) is 1. The average Bonchev–Trinajstić information content (AvgIpc) is 2.36. The van der Waals surface area contributed by atoms with E-state index in [0.717, 1.165) is 13.2 Å². The lowest BCUT2D eigenvalue weighted by molar-refractivity contribution is -0.141. The van der Waals surface area contributed by atoms with Crippen molar-refractivity contribution in [3.63, 3.8) is 0 Å². The molecule has 6 nitrogen and oxygen atoms in total. The molecule has 0 unspecified atom stereocenters. The maximum absolute atomic E-state index is 12.8. The molecule has 0 aliphatic carbocycles. The maximum Gasteiger partial charge on any atom is 0.434 e. The van der Waals surface area contributed by atoms with Crippen LogP contribution in [0.4, 0.5) is 13.2 Å². The highest BCUT2D eigenvalue weighted by Crippen LogP contribution is 2.32. The molecule has 0 spiro atoms. The molecule has 0 atom stereocenters. The van der Waals surface area contributed by atoms with Gasteiger partial charge in [-0.15, -0.1) is 0 Å². The Hall–Kier alpha value is -2.29. The van der Waals surface area contributed by atoms with Crippen molar-refractivity contribution in [2.75, 3.05) is 7.11 Å². The Kier molecular flexibility index (Phi) is 4.79. The largest absolute Gasteiger partial charge is 0.480 e. The first-order chi connectivity index (χ1) is 9.59. The molecule has 0 aromatic carbocycles. The molecule has 21 heavy (non-hydrogen) atoms. The van der Waals surface area contributed by atoms with E-state index in [0.29, 0.717) is 6.07 Å². The quantitative estimate of drug-likeness (QED) is 0.220. The van der Waals surface area contributed by atoms with E-state index in [9.17, 15) is 27.9 Å². The van der Waals surface area contributed by atoms with Crippen molar-refractivity contribution in [2.45, 2.75) is 6.18 Å². The van der Waals surface area contributed by atoms with Crippen molar-refractivity contribution in [2.24, 2.45) is 0 Å². The smallest absolute Gasteiger partial charge is 0.434 e. The van der Waals surface area contributed by atoms with Crippen molar-refractivity contribution >= 4 is 23.4 Å². The van der Waals surface area contributed by atoms with Crippen molar-refractivity contribution in [1.82, 2.24) is 4.98 Å². The number of hydrogen-bond donors (Lipinski definition) is 2. The molecular formula is C11H7ClF3NO5. The molecule has 1 heterocycles. The SMILES string of the molecule is CO/C(O)=C(/C(=O)O)C(=O)c1ccc(Cl)nc1C(F)(F)F. The molecular weight excluding hydrogens is 319 g/mol. The van der Waals surface area contributed by atoms with Crippen LogP contribution in [-0.4, -0.2) is 34.1 Å². The molecule has 0 aliphatic rings. The number of nitrogens with zero attached hydrogens (tertiary/aromatic N) is 1. The van der Waals surface area contributed by atoms with Crippen molar-refractivity contribution in [1.29, 1.82) is 0 Å². The molecule has 10 heteroatoms. The van der Waals surface area contributed by atoms with E-state index in [-0.39, 0.29) is 0 Å². The van der Waals surface area contributed by atoms with Gasteiger partial charge in [-0.05, 0) is 12.1 Å². The second-order valence-electron chi connectivity index (χ2n) is 3.55. The number of aromatic nitrogens is 1. The van der Waals surface area contributed by atoms with Gasteiger partial charge in [0.05, 0.1) is 12.7 Å². The highest BCUT2D eigenvalue weighted by Gasteiger charge is 2.39. The predicted octanol–water partition coefficient (Wildman–Crippen LogP) is 2.44. The van der Waals surface area contributed by atoms with Gasteiger partial charge in [0.1, 0.15) is 5.15 Å². The van der Waals surface area contributed by atoms with Gasteiger partial charge in [0.15, 0.2) is 11.3 Å². The normalized spacial score (nSPS) is 12.6. The summed E-state index contributed by atoms with van der Waals surface area (Å²) >= 11 is 5.33. The van der Waals surface area contributed by atoms with E-state index in [1.54, 1.807) is 0 Å². The Bertz CT molecular complexity index is 627. The van der Waals surface area contributed by atoms with Crippen LogP contribution in [0.3, 0.4) is 0 Å². The van der Waals surface area contributed by atoms with E-state index in [1.165, 1.54) is 0 Å². The summed E-state index contributed by atoms with van der Waals surface area (Å²) in [4.78, 5) is 25.8. The second kappa shape index (κ2) is 6.00. The Morgan fingerprint density at radius 2 is 1.86 bits per heavy atom. The number of carboxylic acids is 1. The Morgan fingerprint density at radius 1 is 1.29 bits per heavy atom. The Morgan fingerprint density at radius 3 is 2.29 bits per heavy atom. The first-order valence-corrected chi connectivity index (χ1v) is 5.46. The van der Waals surface area contributed by atoms with E-state index in [4.69, 9.17) is 16.7 Å². The molecule has 0 saturated carbocycles. The summed E-state index contributed by atoms with van der Waals surface area (Å²) in [6.45, 7) is 0. The number of hydrogen-bond acceptors (Lipinski definition) is 5. The molecule has 114 valence electrons. The molecule has 0 fully saturated rings. The topological polar surface area (TPSA) is 96.7 Å². The van der Waals surface area contributed by atoms with Crippen LogP contribution >= 0.6 is 11.6 Å². The number of aliphatic hydroxyl groups excluding tert-OH is 1. The highest BCUT2D eigenvalue weighted by molar-refractivity contribution is 6.30. The summed E-state index contributed by atoms with van der Waals surface area (Å²) in [5.74, 6) is -4.89. The van der Waals surface area contributed by atoms with Crippen LogP contribution in [0.15, 0.2) is 23.7 Å². The minimum absolute atomic E-state index is 0.532. The highest BCUT2D eigenvalue weighted by atomic mass is 35.5. The van der Waals surface area contributed by atoms with Gasteiger partial charge in [0.25, 0.3) is 5.95 Å². The summed E-state index contributed by atoms with van der Waals surface area (Å²) in [7, 11) is 0.844. The second-order valence-corrected chi connectivity index (χ2v) is 3.93. The van der Waals surface area contributed by atoms with E-state index >= 15 is 0 Å². The molecule has 0 saturated heterocycles. The molecule has 0 aliphatic heterocycles. The fraction of sp³-hybridized carbons (Fsp3) is 0.182. The summed E-state index contributed by atoms with van der Waals surface area (Å²) in [6.07, 6.45) is -5.04. The minimum atomic E-state index is -5.04. The van der Waals surface area contributed by atoms with Gasteiger partial charge in [0, 0.05) is 0 Å². The monoisotopic (exact) mass is 325 g/mol. The molecule has 1 rings (SSSR count). The number of aliphatic carboxylic acids is 1. The lowest BCUT2D eigenvalue weighted by Gasteiger charge is -2.12. The van der Waals surface area contributed by atoms with Crippen LogP contribution < -0.4 is 0 Å². The van der Waals surface area contributed by atoms with Crippen LogP contribution in [0.1, 0.15) is 16.1 Å². The van der Waals surface area contributed by atoms with E-state index < -0.39 is 45.9 Å². The van der Waals surface area contributed by atoms with Crippen LogP contribution in [0, 0.1) is 0 Å². The molecule has 0 bridgehead atoms. The lowest BCUT2D eigenvalue weighted by Crippen LogP contribution is -2.21. The Labute approximate surface area is 120 Å². The van der Waals surface area contributed by atoms with Gasteiger partial charge in [0.2, 0.25) is 5.78 Å². The van der Waals surface area contributed by atoms with E-state index in [2.05, 4.69) is 9.72 Å². The number of aliphatic hydroxyl groups is 1. The van der Waals surface area contributed by atoms with Gasteiger partial charge in [-0.2, -0.15) is 13.2 Å². The number of carbonyl (C=O) groups is 2. The summed E-state index contributed by atoms with van der Waals surface area (Å²) < 4.78 is 42.6. The zero-order valence-corrected chi connectivity index (χ0v) is 11.0. The molecule has 1 aromatic heterocycles. The average molecular weight is 326 g/mol. The van der Waals surface area contributed by atoms with Crippen LogP contribution in [-0.2, 0) is 15.7 Å². The van der Waals surface area contributed by atoms with Crippen molar-refractivity contribution in [3.05, 3.63) is 40.1 Å². The fourth-order valence-corrected chi connectivity index (χ4v) is 1.50. The summed E-state index contributed by atoms with van der Waals surface area (Å²) in [5, 5.41) is 17.5. The van der Waals surface area contributed by atoms with Crippen molar-refractivity contribution < 1.29 is 37.7 Å². The third-order valence-electron chi connectivity index (χ3n) is 2.22. The minimum Gasteiger partial charge on any atom is -0.480 e. The molecule has 0 radical (unpaired) electrons. The first kappa shape index (κ1) is 16.8. The number of methoxy groups -OCH3 is 1. The molecule has 1 aromatic rings. The fourth-order valence-electron chi connectivity index (χ4n) is 1.36. The first-order valence-electron chi connectivity index (χ1n) is 5.08. The number of carbonyl (C=O) groups excluding carboxylic acids is 1. The number of halogens is 4. The standard InChI is InChI=1S/C11H7ClF3NO5/c1-21-10(20)6(9(18)19)7(17)4-2-3-5(12)16-8(4)11(13,14)15/h2-3,20H,1H3,(H,18,19)/b10-6+. The number of rotatable bonds is 4. The zero-order valence-electron chi connectivity index (χ0n) is 10.2. The summed E-state index contributed by atoms with van der Waals surface area (Å²) in [5.41, 5.74) is -4.09. The van der Waals surface area contributed by atoms with Gasteiger partial charge < -0.3 is 14.9 Å². The van der Waals surface area contributed by atoms with Gasteiger partial charge in [-0.1, -0.05) is 11.6 Å². The van der Waals surface area contributed by atoms with Gasteiger partial charge >= 0.3 is 12.1 Å². The molecule has 0 amide bonds. The van der Waals surface area contributed by atoms with Crippen LogP contribution in [0.2, 0.25) is 5.15 Å². The van der Waals surface area contributed by atoms with Gasteiger partial charge in [-0.3, -0.25) is 4.79 Å². The predicted molar refractivity (Wildman–Crippen MR) is 62.9 cm³/mol. The van der Waals surface area contributed by atoms with Crippen molar-refractivity contribution in [3.8, 4) is 0 Å². The van der Waals surface area contributed by atoms with E-state index in [1.807, 2.05) is 0 Å². The Balaban J connectivity index is 3.54. The maximum atomic E-state index is 12.8. The number of alkyl halides is 3. The third kappa shape index (κ3) is 3.63. The number of carboxylic acid groups (broad SMARTS) is 1. The number of ether oxygens (including phenoxy) is 1.